The van der Waals surface area contributed by atoms with Gasteiger partial charge in [-0.1, -0.05) is 0 Å². The molecular formula is C10H17NO4. The maximum absolute atomic E-state index is 11.4. The number of esters is 1. The number of hydrogen-bond donors (Lipinski definition) is 1. The number of piperidine rings is 1. The van der Waals surface area contributed by atoms with Gasteiger partial charge in [0.15, 0.2) is 5.60 Å². The molecule has 1 aliphatic heterocycles. The predicted molar refractivity (Wildman–Crippen MR) is 53.1 cm³/mol. The maximum atomic E-state index is 11.4. The molecule has 5 nitrogen and oxygen atoms in total. The lowest BCUT2D eigenvalue weighted by atomic mass is 10.0. The minimum absolute atomic E-state index is 0.00886. The predicted octanol–water partition coefficient (Wildman–Crippen LogP) is -0.0771. The van der Waals surface area contributed by atoms with Gasteiger partial charge in [-0.2, -0.15) is 0 Å². The van der Waals surface area contributed by atoms with E-state index in [9.17, 15) is 14.7 Å². The van der Waals surface area contributed by atoms with Gasteiger partial charge in [0.05, 0.1) is 13.7 Å². The Labute approximate surface area is 89.0 Å². The Morgan fingerprint density at radius 1 is 1.60 bits per heavy atom. The lowest BCUT2D eigenvalue weighted by Crippen LogP contribution is -2.50. The highest BCUT2D eigenvalue weighted by Crippen LogP contribution is 2.15. The number of carbonyl (C=O) groups is 2. The largest absolute Gasteiger partial charge is 0.467 e. The van der Waals surface area contributed by atoms with Crippen LogP contribution >= 0.6 is 0 Å². The third kappa shape index (κ3) is 2.92. The van der Waals surface area contributed by atoms with Crippen molar-refractivity contribution in [2.45, 2.75) is 31.8 Å². The zero-order valence-electron chi connectivity index (χ0n) is 9.15. The van der Waals surface area contributed by atoms with Gasteiger partial charge in [0.2, 0.25) is 5.91 Å². The molecule has 1 aliphatic rings. The van der Waals surface area contributed by atoms with E-state index in [4.69, 9.17) is 0 Å². The first-order valence-corrected chi connectivity index (χ1v) is 5.06. The molecule has 0 aromatic rings. The first-order chi connectivity index (χ1) is 6.97. The highest BCUT2D eigenvalue weighted by molar-refractivity contribution is 5.81. The Bertz CT molecular complexity index is 262. The number of methoxy groups -OCH3 is 1. The summed E-state index contributed by atoms with van der Waals surface area (Å²) in [6.45, 7) is 1.98. The number of nitrogens with zero attached hydrogens (tertiary/aromatic N) is 1. The highest BCUT2D eigenvalue weighted by atomic mass is 16.5. The van der Waals surface area contributed by atoms with Gasteiger partial charge in [-0.3, -0.25) is 4.79 Å². The molecule has 1 saturated heterocycles. The Morgan fingerprint density at radius 2 is 2.27 bits per heavy atom. The molecule has 1 amide bonds. The molecule has 1 atom stereocenters. The second kappa shape index (κ2) is 4.61. The molecule has 1 heterocycles. The fourth-order valence-corrected chi connectivity index (χ4v) is 1.69. The number of rotatable bonds is 3. The molecule has 5 heteroatoms. The zero-order valence-corrected chi connectivity index (χ0v) is 9.15. The van der Waals surface area contributed by atoms with Gasteiger partial charge in [-0.15, -0.1) is 0 Å². The lowest BCUT2D eigenvalue weighted by molar-refractivity contribution is -0.164. The molecule has 0 bridgehead atoms. The van der Waals surface area contributed by atoms with Crippen molar-refractivity contribution in [3.63, 3.8) is 0 Å². The van der Waals surface area contributed by atoms with Crippen molar-refractivity contribution in [1.29, 1.82) is 0 Å². The zero-order chi connectivity index (χ0) is 11.5. The van der Waals surface area contributed by atoms with Crippen LogP contribution in [0.1, 0.15) is 26.2 Å². The Hall–Kier alpha value is -1.10. The summed E-state index contributed by atoms with van der Waals surface area (Å²) in [6.07, 6.45) is 2.30. The molecule has 0 spiro atoms. The normalized spacial score (nSPS) is 21.0. The Balaban J connectivity index is 2.59. The van der Waals surface area contributed by atoms with Crippen LogP contribution in [0.25, 0.3) is 0 Å². The van der Waals surface area contributed by atoms with E-state index in [-0.39, 0.29) is 12.5 Å². The van der Waals surface area contributed by atoms with E-state index in [1.807, 2.05) is 0 Å². The van der Waals surface area contributed by atoms with Gasteiger partial charge in [-0.05, 0) is 19.8 Å². The summed E-state index contributed by atoms with van der Waals surface area (Å²) in [5, 5.41) is 9.78. The van der Waals surface area contributed by atoms with Crippen LogP contribution in [0.3, 0.4) is 0 Å². The molecular weight excluding hydrogens is 198 g/mol. The van der Waals surface area contributed by atoms with Gasteiger partial charge in [0.1, 0.15) is 0 Å². The minimum Gasteiger partial charge on any atom is -0.467 e. The van der Waals surface area contributed by atoms with Crippen LogP contribution in [0, 0.1) is 0 Å². The number of likely N-dealkylation sites (tertiary alicyclic amines) is 1. The molecule has 15 heavy (non-hydrogen) atoms. The molecule has 0 saturated carbocycles. The first-order valence-electron chi connectivity index (χ1n) is 5.06. The smallest absolute Gasteiger partial charge is 0.339 e. The van der Waals surface area contributed by atoms with E-state index in [1.54, 1.807) is 0 Å². The van der Waals surface area contributed by atoms with Crippen molar-refractivity contribution >= 4 is 11.9 Å². The van der Waals surface area contributed by atoms with Gasteiger partial charge < -0.3 is 14.7 Å². The first kappa shape index (κ1) is 12.0. The minimum atomic E-state index is -1.61. The fourth-order valence-electron chi connectivity index (χ4n) is 1.69. The van der Waals surface area contributed by atoms with Crippen molar-refractivity contribution in [3.8, 4) is 0 Å². The fraction of sp³-hybridized carbons (Fsp3) is 0.800. The molecule has 0 radical (unpaired) electrons. The topological polar surface area (TPSA) is 66.8 Å². The van der Waals surface area contributed by atoms with E-state index < -0.39 is 11.6 Å². The number of ether oxygens (including phenoxy) is 1. The molecule has 1 fully saturated rings. The third-order valence-electron chi connectivity index (χ3n) is 2.55. The van der Waals surface area contributed by atoms with Crippen molar-refractivity contribution < 1.29 is 19.4 Å². The summed E-state index contributed by atoms with van der Waals surface area (Å²) >= 11 is 0. The van der Waals surface area contributed by atoms with Crippen LogP contribution in [-0.4, -0.2) is 47.7 Å². The van der Waals surface area contributed by atoms with E-state index >= 15 is 0 Å². The number of hydrogen-bond acceptors (Lipinski definition) is 4. The average molecular weight is 215 g/mol. The number of aliphatic hydroxyl groups is 1. The second-order valence-corrected chi connectivity index (χ2v) is 4.04. The highest BCUT2D eigenvalue weighted by Gasteiger charge is 2.35. The van der Waals surface area contributed by atoms with Gasteiger partial charge in [0.25, 0.3) is 0 Å². The van der Waals surface area contributed by atoms with Crippen LogP contribution in [-0.2, 0) is 14.3 Å². The number of amides is 1. The summed E-state index contributed by atoms with van der Waals surface area (Å²) in [4.78, 5) is 24.2. The van der Waals surface area contributed by atoms with Crippen molar-refractivity contribution in [3.05, 3.63) is 0 Å². The van der Waals surface area contributed by atoms with E-state index in [1.165, 1.54) is 18.9 Å². The monoisotopic (exact) mass is 215 g/mol. The van der Waals surface area contributed by atoms with Crippen LogP contribution in [0.5, 0.6) is 0 Å². The SMILES string of the molecule is COC(=O)C(C)(O)CN1CCCCC1=O. The molecule has 1 rings (SSSR count). The number of carbonyl (C=O) groups excluding carboxylic acids is 2. The quantitative estimate of drug-likeness (QED) is 0.669. The third-order valence-corrected chi connectivity index (χ3v) is 2.55. The second-order valence-electron chi connectivity index (χ2n) is 4.04. The summed E-state index contributed by atoms with van der Waals surface area (Å²) in [5.41, 5.74) is -1.61. The molecule has 0 aromatic carbocycles. The van der Waals surface area contributed by atoms with E-state index in [0.717, 1.165) is 12.8 Å². The average Bonchev–Trinajstić information content (AvgIpc) is 2.20. The van der Waals surface area contributed by atoms with Crippen molar-refractivity contribution in [2.24, 2.45) is 0 Å². The van der Waals surface area contributed by atoms with E-state index in [2.05, 4.69) is 4.74 Å². The van der Waals surface area contributed by atoms with Crippen LogP contribution in [0.2, 0.25) is 0 Å². The number of β-amino-alcohol motifs (C(OH)–C–C–N with tert-alkyl or cyclic N) is 1. The van der Waals surface area contributed by atoms with Crippen LogP contribution < -0.4 is 0 Å². The Kier molecular flexibility index (Phi) is 3.68. The summed E-state index contributed by atoms with van der Waals surface area (Å²) in [6, 6.07) is 0. The van der Waals surface area contributed by atoms with Crippen molar-refractivity contribution in [1.82, 2.24) is 4.90 Å². The molecule has 1 N–H and O–H groups in total. The standard InChI is InChI=1S/C10H17NO4/c1-10(14,9(13)15-2)7-11-6-4-3-5-8(11)12/h14H,3-7H2,1-2H3. The van der Waals surface area contributed by atoms with Gasteiger partial charge in [0, 0.05) is 13.0 Å². The van der Waals surface area contributed by atoms with Crippen molar-refractivity contribution in [2.75, 3.05) is 20.2 Å². The van der Waals surface area contributed by atoms with Crippen LogP contribution in [0.4, 0.5) is 0 Å². The molecule has 1 unspecified atom stereocenters. The molecule has 0 aliphatic carbocycles. The van der Waals surface area contributed by atoms with Crippen LogP contribution in [0.15, 0.2) is 0 Å². The summed E-state index contributed by atoms with van der Waals surface area (Å²) in [7, 11) is 1.22. The maximum Gasteiger partial charge on any atom is 0.339 e. The van der Waals surface area contributed by atoms with Gasteiger partial charge in [-0.25, -0.2) is 4.79 Å². The molecule has 0 aromatic heterocycles. The Morgan fingerprint density at radius 3 is 2.80 bits per heavy atom. The lowest BCUT2D eigenvalue weighted by Gasteiger charge is -2.32. The van der Waals surface area contributed by atoms with Gasteiger partial charge >= 0.3 is 5.97 Å². The van der Waals surface area contributed by atoms with E-state index in [0.29, 0.717) is 13.0 Å². The molecule has 86 valence electrons. The summed E-state index contributed by atoms with van der Waals surface area (Å²) in [5.74, 6) is -0.716. The summed E-state index contributed by atoms with van der Waals surface area (Å²) < 4.78 is 4.46.